The lowest BCUT2D eigenvalue weighted by Crippen LogP contribution is -2.53. The first kappa shape index (κ1) is 24.7. The van der Waals surface area contributed by atoms with Gasteiger partial charge in [0.15, 0.2) is 0 Å². The normalized spacial score (nSPS) is 13.5. The van der Waals surface area contributed by atoms with Crippen LogP contribution in [-0.2, 0) is 6.54 Å². The number of aromatic nitrogens is 1. The molecule has 1 N–H and O–H groups in total. The third-order valence-electron chi connectivity index (χ3n) is 6.78. The lowest BCUT2D eigenvalue weighted by Gasteiger charge is -2.34. The molecule has 0 aliphatic carbocycles. The van der Waals surface area contributed by atoms with Crippen LogP contribution in [0.5, 0.6) is 0 Å². The van der Waals surface area contributed by atoms with Crippen LogP contribution in [0.15, 0.2) is 91.0 Å². The second-order valence-electron chi connectivity index (χ2n) is 9.11. The van der Waals surface area contributed by atoms with E-state index in [1.807, 2.05) is 103 Å². The lowest BCUT2D eigenvalue weighted by molar-refractivity contribution is 0.0664. The van der Waals surface area contributed by atoms with Crippen LogP contribution in [0.4, 0.5) is 4.79 Å². The summed E-state index contributed by atoms with van der Waals surface area (Å²) in [5.41, 5.74) is 5.27. The fraction of sp³-hybridized carbons (Fsp3) is 0.200. The number of piperazine rings is 1. The molecule has 6 nitrogen and oxygen atoms in total. The molecule has 0 spiro atoms. The van der Waals surface area contributed by atoms with Gasteiger partial charge in [-0.2, -0.15) is 0 Å². The number of nitrogens with one attached hydrogen (secondary N) is 1. The van der Waals surface area contributed by atoms with E-state index < -0.39 is 0 Å². The minimum absolute atomic E-state index is 0.0372. The number of amides is 3. The van der Waals surface area contributed by atoms with Gasteiger partial charge < -0.3 is 19.7 Å². The van der Waals surface area contributed by atoms with Crippen molar-refractivity contribution in [3.8, 4) is 16.9 Å². The summed E-state index contributed by atoms with van der Waals surface area (Å²) in [7, 11) is 0. The van der Waals surface area contributed by atoms with Gasteiger partial charge in [0.1, 0.15) is 0 Å². The van der Waals surface area contributed by atoms with Crippen LogP contribution in [0.1, 0.15) is 21.6 Å². The average Bonchev–Trinajstić information content (AvgIpc) is 3.29. The molecule has 5 rings (SSSR count). The predicted molar refractivity (Wildman–Crippen MR) is 147 cm³/mol. The Morgan fingerprint density at radius 2 is 1.41 bits per heavy atom. The number of para-hydroxylation sites is 1. The smallest absolute Gasteiger partial charge is 0.317 e. The maximum absolute atomic E-state index is 13.7. The van der Waals surface area contributed by atoms with Gasteiger partial charge in [-0.15, -0.1) is 0 Å². The van der Waals surface area contributed by atoms with E-state index in [-0.39, 0.29) is 11.9 Å². The molecular formula is C30H29ClN4O2. The second-order valence-corrected chi connectivity index (χ2v) is 9.51. The van der Waals surface area contributed by atoms with Crippen molar-refractivity contribution in [3.63, 3.8) is 0 Å². The van der Waals surface area contributed by atoms with Crippen LogP contribution in [0.25, 0.3) is 16.9 Å². The van der Waals surface area contributed by atoms with Crippen molar-refractivity contribution >= 4 is 23.5 Å². The highest BCUT2D eigenvalue weighted by atomic mass is 35.5. The third kappa shape index (κ3) is 5.25. The number of carbonyl (C=O) groups excluding carboxylic acids is 2. The number of nitrogens with zero attached hydrogens (tertiary/aromatic N) is 3. The van der Waals surface area contributed by atoms with Gasteiger partial charge in [-0.25, -0.2) is 4.79 Å². The molecule has 3 amide bonds. The molecule has 7 heteroatoms. The van der Waals surface area contributed by atoms with Crippen molar-refractivity contribution in [2.24, 2.45) is 0 Å². The summed E-state index contributed by atoms with van der Waals surface area (Å²) in [5, 5.41) is 3.59. The largest absolute Gasteiger partial charge is 0.335 e. The molecule has 188 valence electrons. The summed E-state index contributed by atoms with van der Waals surface area (Å²) in [6.07, 6.45) is 0. The molecule has 0 unspecified atom stereocenters. The minimum Gasteiger partial charge on any atom is -0.335 e. The predicted octanol–water partition coefficient (Wildman–Crippen LogP) is 5.77. The topological polar surface area (TPSA) is 57.6 Å². The Bertz CT molecular complexity index is 1390. The van der Waals surface area contributed by atoms with Crippen molar-refractivity contribution in [1.29, 1.82) is 0 Å². The molecule has 3 aromatic carbocycles. The second kappa shape index (κ2) is 10.9. The van der Waals surface area contributed by atoms with Crippen LogP contribution in [0.2, 0.25) is 5.02 Å². The fourth-order valence-electron chi connectivity index (χ4n) is 4.76. The molecule has 1 fully saturated rings. The van der Waals surface area contributed by atoms with Gasteiger partial charge in [0.25, 0.3) is 5.91 Å². The summed E-state index contributed by atoms with van der Waals surface area (Å²) < 4.78 is 2.05. The highest BCUT2D eigenvalue weighted by molar-refractivity contribution is 6.32. The summed E-state index contributed by atoms with van der Waals surface area (Å²) in [6, 6.07) is 29.3. The number of carbonyl (C=O) groups is 2. The van der Waals surface area contributed by atoms with Gasteiger partial charge in [-0.1, -0.05) is 84.4 Å². The molecule has 2 heterocycles. The number of halogens is 1. The number of rotatable bonds is 5. The molecule has 0 atom stereocenters. The molecule has 4 aromatic rings. The summed E-state index contributed by atoms with van der Waals surface area (Å²) in [5.74, 6) is -0.0372. The van der Waals surface area contributed by atoms with E-state index in [4.69, 9.17) is 11.6 Å². The van der Waals surface area contributed by atoms with Gasteiger partial charge in [-0.3, -0.25) is 4.79 Å². The van der Waals surface area contributed by atoms with E-state index in [1.165, 1.54) is 0 Å². The number of benzene rings is 3. The SMILES string of the molecule is Cc1c(C(=O)N2CCN(C(=O)NCc3ccccc3)CC2)cc(-c2ccccc2)n1-c1ccccc1Cl. The summed E-state index contributed by atoms with van der Waals surface area (Å²) in [4.78, 5) is 29.9. The zero-order chi connectivity index (χ0) is 25.8. The average molecular weight is 513 g/mol. The van der Waals surface area contributed by atoms with Crippen LogP contribution in [0.3, 0.4) is 0 Å². The first-order valence-corrected chi connectivity index (χ1v) is 12.8. The van der Waals surface area contributed by atoms with E-state index in [2.05, 4.69) is 9.88 Å². The van der Waals surface area contributed by atoms with Crippen LogP contribution in [-0.4, -0.2) is 52.5 Å². The molecule has 0 saturated carbocycles. The van der Waals surface area contributed by atoms with E-state index in [0.29, 0.717) is 43.3 Å². The van der Waals surface area contributed by atoms with Gasteiger partial charge in [-0.05, 0) is 36.2 Å². The third-order valence-corrected chi connectivity index (χ3v) is 7.10. The zero-order valence-electron chi connectivity index (χ0n) is 20.7. The quantitative estimate of drug-likeness (QED) is 0.369. The Hall–Kier alpha value is -4.03. The van der Waals surface area contributed by atoms with Gasteiger partial charge in [0.05, 0.1) is 22.0 Å². The Morgan fingerprint density at radius 1 is 0.811 bits per heavy atom. The Balaban J connectivity index is 1.33. The minimum atomic E-state index is -0.108. The maximum atomic E-state index is 13.7. The molecule has 1 aromatic heterocycles. The Morgan fingerprint density at radius 3 is 2.08 bits per heavy atom. The van der Waals surface area contributed by atoms with Crippen LogP contribution < -0.4 is 5.32 Å². The first-order chi connectivity index (χ1) is 18.0. The highest BCUT2D eigenvalue weighted by Crippen LogP contribution is 2.33. The monoisotopic (exact) mass is 512 g/mol. The molecule has 0 bridgehead atoms. The van der Waals surface area contributed by atoms with E-state index >= 15 is 0 Å². The first-order valence-electron chi connectivity index (χ1n) is 12.4. The number of hydrogen-bond acceptors (Lipinski definition) is 2. The molecule has 0 radical (unpaired) electrons. The van der Waals surface area contributed by atoms with E-state index in [0.717, 1.165) is 28.2 Å². The zero-order valence-corrected chi connectivity index (χ0v) is 21.5. The van der Waals surface area contributed by atoms with Gasteiger partial charge in [0.2, 0.25) is 0 Å². The van der Waals surface area contributed by atoms with Crippen molar-refractivity contribution in [1.82, 2.24) is 19.7 Å². The van der Waals surface area contributed by atoms with Crippen LogP contribution >= 0.6 is 11.6 Å². The Kier molecular flexibility index (Phi) is 7.28. The number of hydrogen-bond donors (Lipinski definition) is 1. The molecule has 1 aliphatic rings. The Labute approximate surface area is 222 Å². The maximum Gasteiger partial charge on any atom is 0.317 e. The molecule has 37 heavy (non-hydrogen) atoms. The van der Waals surface area contributed by atoms with Crippen LogP contribution in [0, 0.1) is 6.92 Å². The molecule has 1 aliphatic heterocycles. The molecule has 1 saturated heterocycles. The standard InChI is InChI=1S/C30H29ClN4O2/c1-22-25(20-28(24-12-6-3-7-13-24)35(22)27-15-9-8-14-26(27)31)29(36)33-16-18-34(19-17-33)30(37)32-21-23-10-4-2-5-11-23/h2-15,20H,16-19,21H2,1H3,(H,32,37). The van der Waals surface area contributed by atoms with Crippen molar-refractivity contribution in [3.05, 3.63) is 113 Å². The molecular weight excluding hydrogens is 484 g/mol. The fourth-order valence-corrected chi connectivity index (χ4v) is 4.98. The summed E-state index contributed by atoms with van der Waals surface area (Å²) >= 11 is 6.58. The van der Waals surface area contributed by atoms with Crippen molar-refractivity contribution in [2.75, 3.05) is 26.2 Å². The number of urea groups is 1. The van der Waals surface area contributed by atoms with Gasteiger partial charge in [0, 0.05) is 38.4 Å². The lowest BCUT2D eigenvalue weighted by atomic mass is 10.1. The van der Waals surface area contributed by atoms with E-state index in [9.17, 15) is 9.59 Å². The van der Waals surface area contributed by atoms with Crippen molar-refractivity contribution in [2.45, 2.75) is 13.5 Å². The summed E-state index contributed by atoms with van der Waals surface area (Å²) in [6.45, 7) is 4.38. The highest BCUT2D eigenvalue weighted by Gasteiger charge is 2.28. The van der Waals surface area contributed by atoms with Crippen molar-refractivity contribution < 1.29 is 9.59 Å². The van der Waals surface area contributed by atoms with E-state index in [1.54, 1.807) is 4.90 Å². The van der Waals surface area contributed by atoms with Gasteiger partial charge >= 0.3 is 6.03 Å².